The Morgan fingerprint density at radius 3 is 2.26 bits per heavy atom. The van der Waals surface area contributed by atoms with Gasteiger partial charge in [-0.1, -0.05) is 18.2 Å². The molecular formula is C27H37N3O8. The zero-order chi connectivity index (χ0) is 28.3. The van der Waals surface area contributed by atoms with Crippen molar-refractivity contribution in [2.45, 2.75) is 57.4 Å². The fraction of sp³-hybridized carbons (Fsp3) is 0.481. The molecular weight excluding hydrogens is 494 g/mol. The third-order valence-corrected chi connectivity index (χ3v) is 5.84. The second-order valence-corrected chi connectivity index (χ2v) is 9.74. The van der Waals surface area contributed by atoms with E-state index in [0.717, 1.165) is 50.5 Å². The lowest BCUT2D eigenvalue weighted by Crippen LogP contribution is -2.42. The molecule has 2 heterocycles. The number of carbonyl (C=O) groups is 3. The molecule has 38 heavy (non-hydrogen) atoms. The molecule has 1 atom stereocenters. The van der Waals surface area contributed by atoms with E-state index in [2.05, 4.69) is 66.1 Å². The van der Waals surface area contributed by atoms with Gasteiger partial charge in [-0.25, -0.2) is 4.79 Å². The summed E-state index contributed by atoms with van der Waals surface area (Å²) in [5.74, 6) is -3.96. The minimum atomic E-state index is -2.74. The van der Waals surface area contributed by atoms with Crippen LogP contribution in [0.15, 0.2) is 42.6 Å². The van der Waals surface area contributed by atoms with Crippen LogP contribution in [0.4, 0.5) is 0 Å². The monoisotopic (exact) mass is 531 g/mol. The van der Waals surface area contributed by atoms with Crippen LogP contribution in [0.1, 0.15) is 43.0 Å². The number of hydrogen-bond donors (Lipinski definition) is 4. The van der Waals surface area contributed by atoms with Crippen molar-refractivity contribution in [3.63, 3.8) is 0 Å². The molecule has 1 unspecified atom stereocenters. The predicted octanol–water partition coefficient (Wildman–Crippen LogP) is 2.11. The minimum absolute atomic E-state index is 0.301. The molecule has 11 heteroatoms. The van der Waals surface area contributed by atoms with Crippen molar-refractivity contribution in [1.82, 2.24) is 14.8 Å². The van der Waals surface area contributed by atoms with E-state index in [0.29, 0.717) is 6.10 Å². The third kappa shape index (κ3) is 10.4. The standard InChI is InChI=1S/C21H29N3O.C6H8O7/c1-17-13-19-14-18(8-9-21(19)25-17)15-24(12-6-11-23(2)3)16-20-7-4-5-10-22-20;7-3(8)1-6(13,5(11)12)2-4(9)10/h4-5,7-10,14,17H,6,11-13,15-16H2,1-3H3;13H,1-2H2,(H,7,8)(H,9,10)(H,11,12). The molecule has 2 aromatic rings. The fourth-order valence-electron chi connectivity index (χ4n) is 4.09. The van der Waals surface area contributed by atoms with Crippen molar-refractivity contribution in [3.05, 3.63) is 59.4 Å². The van der Waals surface area contributed by atoms with E-state index in [-0.39, 0.29) is 0 Å². The number of fused-ring (bicyclic) bond motifs is 1. The molecule has 1 aliphatic rings. The van der Waals surface area contributed by atoms with Crippen molar-refractivity contribution >= 4 is 17.9 Å². The molecule has 3 rings (SSSR count). The van der Waals surface area contributed by atoms with Crippen LogP contribution in [0.25, 0.3) is 0 Å². The summed E-state index contributed by atoms with van der Waals surface area (Å²) < 4.78 is 5.82. The zero-order valence-corrected chi connectivity index (χ0v) is 22.0. The van der Waals surface area contributed by atoms with Crippen LogP contribution in [-0.2, 0) is 33.9 Å². The first kappa shape index (κ1) is 30.7. The van der Waals surface area contributed by atoms with Gasteiger partial charge in [-0.05, 0) is 63.3 Å². The van der Waals surface area contributed by atoms with Gasteiger partial charge in [-0.15, -0.1) is 0 Å². The number of aromatic nitrogens is 1. The number of pyridine rings is 1. The van der Waals surface area contributed by atoms with Gasteiger partial charge in [0, 0.05) is 32.3 Å². The van der Waals surface area contributed by atoms with Gasteiger partial charge < -0.3 is 30.1 Å². The summed E-state index contributed by atoms with van der Waals surface area (Å²) in [6.07, 6.45) is 2.06. The van der Waals surface area contributed by atoms with E-state index in [9.17, 15) is 14.4 Å². The van der Waals surface area contributed by atoms with Gasteiger partial charge in [-0.3, -0.25) is 19.5 Å². The molecule has 0 fully saturated rings. The largest absolute Gasteiger partial charge is 0.490 e. The highest BCUT2D eigenvalue weighted by Gasteiger charge is 2.40. The molecule has 0 bridgehead atoms. The molecule has 208 valence electrons. The number of benzene rings is 1. The summed E-state index contributed by atoms with van der Waals surface area (Å²) in [6, 6.07) is 12.8. The molecule has 0 saturated carbocycles. The first-order chi connectivity index (χ1) is 17.9. The van der Waals surface area contributed by atoms with Gasteiger partial charge in [0.25, 0.3) is 0 Å². The Labute approximate surface area is 222 Å². The number of nitrogens with zero attached hydrogens (tertiary/aromatic N) is 3. The third-order valence-electron chi connectivity index (χ3n) is 5.84. The highest BCUT2D eigenvalue weighted by molar-refractivity contribution is 5.88. The molecule has 1 aliphatic heterocycles. The summed E-state index contributed by atoms with van der Waals surface area (Å²) in [5.41, 5.74) is 1.09. The van der Waals surface area contributed by atoms with E-state index in [1.54, 1.807) is 0 Å². The maximum atomic E-state index is 10.3. The summed E-state index contributed by atoms with van der Waals surface area (Å²) in [6.45, 7) is 6.14. The smallest absolute Gasteiger partial charge is 0.336 e. The lowest BCUT2D eigenvalue weighted by molar-refractivity contribution is -0.170. The molecule has 0 amide bonds. The number of ether oxygens (including phenoxy) is 1. The van der Waals surface area contributed by atoms with Crippen LogP contribution < -0.4 is 4.74 Å². The predicted molar refractivity (Wildman–Crippen MR) is 139 cm³/mol. The molecule has 4 N–H and O–H groups in total. The van der Waals surface area contributed by atoms with E-state index in [4.69, 9.17) is 25.2 Å². The summed E-state index contributed by atoms with van der Waals surface area (Å²) in [5, 5.41) is 33.8. The van der Waals surface area contributed by atoms with E-state index in [1.807, 2.05) is 12.3 Å². The maximum Gasteiger partial charge on any atom is 0.336 e. The molecule has 11 nitrogen and oxygen atoms in total. The van der Waals surface area contributed by atoms with Gasteiger partial charge in [0.1, 0.15) is 11.9 Å². The fourth-order valence-corrected chi connectivity index (χ4v) is 4.09. The summed E-state index contributed by atoms with van der Waals surface area (Å²) in [4.78, 5) is 39.7. The Kier molecular flexibility index (Phi) is 11.6. The van der Waals surface area contributed by atoms with E-state index >= 15 is 0 Å². The van der Waals surface area contributed by atoms with E-state index in [1.165, 1.54) is 11.1 Å². The zero-order valence-electron chi connectivity index (χ0n) is 22.0. The Bertz CT molecular complexity index is 1060. The van der Waals surface area contributed by atoms with E-state index < -0.39 is 36.4 Å². The molecule has 0 saturated heterocycles. The Morgan fingerprint density at radius 2 is 1.71 bits per heavy atom. The van der Waals surface area contributed by atoms with Crippen molar-refractivity contribution < 1.29 is 39.5 Å². The number of aliphatic carboxylic acids is 3. The minimum Gasteiger partial charge on any atom is -0.490 e. The molecule has 1 aromatic carbocycles. The number of carboxylic acid groups (broad SMARTS) is 3. The average molecular weight is 532 g/mol. The average Bonchev–Trinajstić information content (AvgIpc) is 3.18. The van der Waals surface area contributed by atoms with Gasteiger partial charge >= 0.3 is 17.9 Å². The highest BCUT2D eigenvalue weighted by atomic mass is 16.5. The Balaban J connectivity index is 0.000000332. The number of hydrogen-bond acceptors (Lipinski definition) is 8. The van der Waals surface area contributed by atoms with Gasteiger partial charge in [0.05, 0.1) is 18.5 Å². The summed E-state index contributed by atoms with van der Waals surface area (Å²) >= 11 is 0. The van der Waals surface area contributed by atoms with Crippen molar-refractivity contribution in [1.29, 1.82) is 0 Å². The van der Waals surface area contributed by atoms with Crippen LogP contribution in [-0.4, -0.2) is 92.0 Å². The molecule has 1 aromatic heterocycles. The van der Waals surface area contributed by atoms with Crippen molar-refractivity contribution in [2.24, 2.45) is 0 Å². The second-order valence-electron chi connectivity index (χ2n) is 9.74. The SMILES string of the molecule is CC1Cc2cc(CN(CCCN(C)C)Cc3ccccn3)ccc2O1.O=C(O)CC(O)(CC(=O)O)C(=O)O. The summed E-state index contributed by atoms with van der Waals surface area (Å²) in [7, 11) is 4.26. The van der Waals surface area contributed by atoms with Gasteiger partial charge in [0.2, 0.25) is 0 Å². The lowest BCUT2D eigenvalue weighted by atomic mass is 9.96. The number of aliphatic hydroxyl groups is 1. The van der Waals surface area contributed by atoms with Crippen molar-refractivity contribution in [3.8, 4) is 5.75 Å². The van der Waals surface area contributed by atoms with Gasteiger partial charge in [-0.2, -0.15) is 0 Å². The van der Waals surface area contributed by atoms with Crippen molar-refractivity contribution in [2.75, 3.05) is 27.2 Å². The first-order valence-corrected chi connectivity index (χ1v) is 12.3. The number of rotatable bonds is 13. The normalized spacial score (nSPS) is 14.4. The van der Waals surface area contributed by atoms with Crippen LogP contribution in [0.3, 0.4) is 0 Å². The van der Waals surface area contributed by atoms with Crippen LogP contribution in [0, 0.1) is 0 Å². The van der Waals surface area contributed by atoms with Crippen LogP contribution in [0.5, 0.6) is 5.75 Å². The molecule has 0 radical (unpaired) electrons. The lowest BCUT2D eigenvalue weighted by Gasteiger charge is -2.23. The van der Waals surface area contributed by atoms with Gasteiger partial charge in [0.15, 0.2) is 5.60 Å². The van der Waals surface area contributed by atoms with Crippen LogP contribution >= 0.6 is 0 Å². The quantitative estimate of drug-likeness (QED) is 0.300. The first-order valence-electron chi connectivity index (χ1n) is 12.3. The molecule has 0 aliphatic carbocycles. The number of carboxylic acids is 3. The second kappa shape index (κ2) is 14.4. The maximum absolute atomic E-state index is 10.3. The molecule has 0 spiro atoms. The topological polar surface area (TPSA) is 161 Å². The highest BCUT2D eigenvalue weighted by Crippen LogP contribution is 2.29. The van der Waals surface area contributed by atoms with Crippen LogP contribution in [0.2, 0.25) is 0 Å². The Hall–Kier alpha value is -3.54. The Morgan fingerprint density at radius 1 is 1.03 bits per heavy atom.